The average molecular weight is 372 g/mol. The van der Waals surface area contributed by atoms with Gasteiger partial charge in [-0.25, -0.2) is 4.68 Å². The molecule has 2 amide bonds. The van der Waals surface area contributed by atoms with E-state index < -0.39 is 0 Å². The van der Waals surface area contributed by atoms with Crippen LogP contribution in [0.2, 0.25) is 0 Å². The number of amides is 2. The van der Waals surface area contributed by atoms with E-state index in [1.807, 2.05) is 36.5 Å². The van der Waals surface area contributed by atoms with Crippen molar-refractivity contribution in [2.45, 2.75) is 18.9 Å². The van der Waals surface area contributed by atoms with E-state index in [2.05, 4.69) is 15.7 Å². The van der Waals surface area contributed by atoms with Crippen LogP contribution in [0.25, 0.3) is 11.8 Å². The van der Waals surface area contributed by atoms with Crippen LogP contribution in [-0.2, 0) is 4.79 Å². The molecule has 0 unspecified atom stereocenters. The number of nitrogens with one attached hydrogen (secondary N) is 2. The third-order valence-electron chi connectivity index (χ3n) is 4.38. The summed E-state index contributed by atoms with van der Waals surface area (Å²) in [6, 6.07) is 16.9. The molecular formula is C22H20N4O2. The lowest BCUT2D eigenvalue weighted by atomic mass is 10.2. The number of carbonyl (C=O) groups is 2. The largest absolute Gasteiger partial charge is 0.349 e. The van der Waals surface area contributed by atoms with Crippen LogP contribution in [0, 0.1) is 0 Å². The summed E-state index contributed by atoms with van der Waals surface area (Å²) in [7, 11) is 0. The van der Waals surface area contributed by atoms with Crippen molar-refractivity contribution in [2.75, 3.05) is 5.32 Å². The minimum Gasteiger partial charge on any atom is -0.349 e. The first-order chi connectivity index (χ1) is 13.7. The third kappa shape index (κ3) is 4.54. The quantitative estimate of drug-likeness (QED) is 0.651. The van der Waals surface area contributed by atoms with Crippen LogP contribution in [0.4, 0.5) is 5.69 Å². The molecule has 6 nitrogen and oxygen atoms in total. The molecule has 1 heterocycles. The van der Waals surface area contributed by atoms with Gasteiger partial charge in [-0.05, 0) is 55.3 Å². The molecule has 2 N–H and O–H groups in total. The van der Waals surface area contributed by atoms with Crippen molar-refractivity contribution in [1.82, 2.24) is 15.1 Å². The Kier molecular flexibility index (Phi) is 5.01. The van der Waals surface area contributed by atoms with E-state index in [1.54, 1.807) is 41.2 Å². The molecule has 1 fully saturated rings. The van der Waals surface area contributed by atoms with E-state index in [0.29, 0.717) is 17.3 Å². The van der Waals surface area contributed by atoms with Gasteiger partial charge in [-0.15, -0.1) is 0 Å². The first-order valence-corrected chi connectivity index (χ1v) is 9.17. The Bertz CT molecular complexity index is 1000. The highest BCUT2D eigenvalue weighted by atomic mass is 16.2. The van der Waals surface area contributed by atoms with Gasteiger partial charge >= 0.3 is 0 Å². The highest BCUT2D eigenvalue weighted by Gasteiger charge is 2.23. The number of hydrogen-bond donors (Lipinski definition) is 2. The number of carbonyl (C=O) groups excluding carboxylic acids is 2. The Morgan fingerprint density at radius 1 is 1.04 bits per heavy atom. The monoisotopic (exact) mass is 372 g/mol. The number of hydrogen-bond acceptors (Lipinski definition) is 3. The fraction of sp³-hybridized carbons (Fsp3) is 0.136. The van der Waals surface area contributed by atoms with Gasteiger partial charge in [0.25, 0.3) is 5.91 Å². The molecule has 1 aliphatic carbocycles. The Balaban J connectivity index is 1.34. The van der Waals surface area contributed by atoms with Crippen molar-refractivity contribution in [3.05, 3.63) is 84.2 Å². The number of aromatic nitrogens is 2. The second-order valence-electron chi connectivity index (χ2n) is 6.70. The fourth-order valence-corrected chi connectivity index (χ4v) is 2.70. The Labute approximate surface area is 162 Å². The van der Waals surface area contributed by atoms with E-state index in [0.717, 1.165) is 24.1 Å². The summed E-state index contributed by atoms with van der Waals surface area (Å²) in [6.45, 7) is 0. The van der Waals surface area contributed by atoms with Gasteiger partial charge in [0.15, 0.2) is 0 Å². The molecule has 1 aromatic heterocycles. The van der Waals surface area contributed by atoms with Crippen LogP contribution >= 0.6 is 0 Å². The van der Waals surface area contributed by atoms with Gasteiger partial charge in [-0.3, -0.25) is 9.59 Å². The van der Waals surface area contributed by atoms with E-state index >= 15 is 0 Å². The first kappa shape index (κ1) is 17.7. The summed E-state index contributed by atoms with van der Waals surface area (Å²) in [5, 5.41) is 10.0. The van der Waals surface area contributed by atoms with Crippen LogP contribution < -0.4 is 10.6 Å². The van der Waals surface area contributed by atoms with Gasteiger partial charge in [0, 0.05) is 35.1 Å². The molecule has 1 saturated carbocycles. The molecule has 3 aromatic rings. The van der Waals surface area contributed by atoms with Crippen molar-refractivity contribution in [2.24, 2.45) is 0 Å². The van der Waals surface area contributed by atoms with Gasteiger partial charge in [-0.1, -0.05) is 18.2 Å². The number of para-hydroxylation sites is 1. The molecule has 0 saturated heterocycles. The molecule has 28 heavy (non-hydrogen) atoms. The van der Waals surface area contributed by atoms with Crippen molar-refractivity contribution in [3.8, 4) is 5.69 Å². The topological polar surface area (TPSA) is 76.0 Å². The summed E-state index contributed by atoms with van der Waals surface area (Å²) in [4.78, 5) is 24.1. The number of benzene rings is 2. The summed E-state index contributed by atoms with van der Waals surface area (Å²) in [5.41, 5.74) is 3.01. The van der Waals surface area contributed by atoms with E-state index in [4.69, 9.17) is 0 Å². The predicted octanol–water partition coefficient (Wildman–Crippen LogP) is 3.42. The summed E-state index contributed by atoms with van der Waals surface area (Å²) in [5.74, 6) is -0.321. The molecule has 4 rings (SSSR count). The van der Waals surface area contributed by atoms with Crippen LogP contribution in [0.5, 0.6) is 0 Å². The van der Waals surface area contributed by atoms with Gasteiger partial charge in [0.1, 0.15) is 0 Å². The van der Waals surface area contributed by atoms with Crippen molar-refractivity contribution in [3.63, 3.8) is 0 Å². The fourth-order valence-electron chi connectivity index (χ4n) is 2.70. The minimum absolute atomic E-state index is 0.0734. The van der Waals surface area contributed by atoms with E-state index in [-0.39, 0.29) is 11.8 Å². The zero-order chi connectivity index (χ0) is 19.3. The zero-order valence-electron chi connectivity index (χ0n) is 15.2. The van der Waals surface area contributed by atoms with Crippen LogP contribution in [0.3, 0.4) is 0 Å². The standard InChI is InChI=1S/C22H20N4O2/c27-21(13-6-16-14-23-26(15-16)20-4-2-1-3-5-20)24-18-9-7-17(8-10-18)22(28)25-19-11-12-19/h1-10,13-15,19H,11-12H2,(H,24,27)(H,25,28)/b13-6+. The van der Waals surface area contributed by atoms with Crippen LogP contribution in [0.15, 0.2) is 73.1 Å². The van der Waals surface area contributed by atoms with Crippen LogP contribution in [-0.4, -0.2) is 27.6 Å². The second kappa shape index (κ2) is 7.92. The Morgan fingerprint density at radius 2 is 1.79 bits per heavy atom. The lowest BCUT2D eigenvalue weighted by molar-refractivity contribution is -0.111. The molecular weight excluding hydrogens is 352 g/mol. The first-order valence-electron chi connectivity index (χ1n) is 9.17. The van der Waals surface area contributed by atoms with Gasteiger partial charge in [-0.2, -0.15) is 5.10 Å². The lowest BCUT2D eigenvalue weighted by Gasteiger charge is -2.05. The molecule has 140 valence electrons. The number of nitrogens with zero attached hydrogens (tertiary/aromatic N) is 2. The maximum Gasteiger partial charge on any atom is 0.251 e. The molecule has 0 radical (unpaired) electrons. The van der Waals surface area contributed by atoms with E-state index in [1.165, 1.54) is 6.08 Å². The maximum absolute atomic E-state index is 12.1. The van der Waals surface area contributed by atoms with Crippen molar-refractivity contribution in [1.29, 1.82) is 0 Å². The highest BCUT2D eigenvalue weighted by Crippen LogP contribution is 2.19. The highest BCUT2D eigenvalue weighted by molar-refractivity contribution is 6.02. The average Bonchev–Trinajstić information content (AvgIpc) is 3.40. The number of anilines is 1. The molecule has 0 atom stereocenters. The van der Waals surface area contributed by atoms with Crippen LogP contribution in [0.1, 0.15) is 28.8 Å². The maximum atomic E-state index is 12.1. The normalized spacial score (nSPS) is 13.4. The molecule has 0 spiro atoms. The van der Waals surface area contributed by atoms with Gasteiger partial charge in [0.2, 0.25) is 5.91 Å². The molecule has 6 heteroatoms. The lowest BCUT2D eigenvalue weighted by Crippen LogP contribution is -2.25. The molecule has 2 aromatic carbocycles. The van der Waals surface area contributed by atoms with Crippen molar-refractivity contribution < 1.29 is 9.59 Å². The molecule has 0 bridgehead atoms. The Hall–Kier alpha value is -3.67. The second-order valence-corrected chi connectivity index (χ2v) is 6.70. The number of rotatable bonds is 6. The summed E-state index contributed by atoms with van der Waals surface area (Å²) >= 11 is 0. The SMILES string of the molecule is O=C(/C=C/c1cnn(-c2ccccc2)c1)Nc1ccc(C(=O)NC2CC2)cc1. The van der Waals surface area contributed by atoms with E-state index in [9.17, 15) is 9.59 Å². The minimum atomic E-state index is -0.248. The molecule has 1 aliphatic rings. The zero-order valence-corrected chi connectivity index (χ0v) is 15.2. The summed E-state index contributed by atoms with van der Waals surface area (Å²) < 4.78 is 1.75. The predicted molar refractivity (Wildman–Crippen MR) is 108 cm³/mol. The third-order valence-corrected chi connectivity index (χ3v) is 4.38. The van der Waals surface area contributed by atoms with Gasteiger partial charge in [0.05, 0.1) is 11.9 Å². The summed E-state index contributed by atoms with van der Waals surface area (Å²) in [6.07, 6.45) is 8.82. The smallest absolute Gasteiger partial charge is 0.251 e. The Morgan fingerprint density at radius 3 is 2.50 bits per heavy atom. The molecule has 0 aliphatic heterocycles. The van der Waals surface area contributed by atoms with Crippen molar-refractivity contribution >= 4 is 23.6 Å². The van der Waals surface area contributed by atoms with Gasteiger partial charge < -0.3 is 10.6 Å².